The van der Waals surface area contributed by atoms with Crippen LogP contribution in [0, 0.1) is 0 Å². The first-order valence-corrected chi connectivity index (χ1v) is 9.26. The first kappa shape index (κ1) is 19.3. The highest BCUT2D eigenvalue weighted by Crippen LogP contribution is 2.16. The van der Waals surface area contributed by atoms with Gasteiger partial charge in [-0.3, -0.25) is 0 Å². The fraction of sp³-hybridized carbons (Fsp3) is 0.562. The van der Waals surface area contributed by atoms with Crippen molar-refractivity contribution < 1.29 is 17.4 Å². The van der Waals surface area contributed by atoms with Gasteiger partial charge in [-0.1, -0.05) is 12.1 Å². The maximum Gasteiger partial charge on any atom is 0.318 e. The van der Waals surface area contributed by atoms with E-state index < -0.39 is 10.1 Å². The van der Waals surface area contributed by atoms with Crippen molar-refractivity contribution in [2.75, 3.05) is 6.26 Å². The van der Waals surface area contributed by atoms with Crippen molar-refractivity contribution in [3.63, 3.8) is 0 Å². The van der Waals surface area contributed by atoms with Crippen LogP contribution in [-0.4, -0.2) is 37.2 Å². The zero-order valence-electron chi connectivity index (χ0n) is 14.6. The lowest BCUT2D eigenvalue weighted by Gasteiger charge is -2.31. The van der Waals surface area contributed by atoms with Crippen molar-refractivity contribution >= 4 is 16.1 Å². The normalized spacial score (nSPS) is 12.1. The molecule has 1 N–H and O–H groups in total. The smallest absolute Gasteiger partial charge is 0.318 e. The molecule has 2 amide bonds. The Labute approximate surface area is 138 Å². The quantitative estimate of drug-likeness (QED) is 0.835. The Morgan fingerprint density at radius 3 is 2.13 bits per heavy atom. The lowest BCUT2D eigenvalue weighted by molar-refractivity contribution is 0.171. The molecule has 1 aromatic carbocycles. The summed E-state index contributed by atoms with van der Waals surface area (Å²) in [6.45, 7) is 10.1. The van der Waals surface area contributed by atoms with E-state index in [0.717, 1.165) is 11.8 Å². The second kappa shape index (κ2) is 7.21. The number of nitrogens with one attached hydrogen (secondary N) is 1. The van der Waals surface area contributed by atoms with Gasteiger partial charge in [-0.2, -0.15) is 8.42 Å². The van der Waals surface area contributed by atoms with Crippen molar-refractivity contribution in [3.05, 3.63) is 29.8 Å². The van der Waals surface area contributed by atoms with Gasteiger partial charge in [0, 0.05) is 18.1 Å². The van der Waals surface area contributed by atoms with Crippen LogP contribution in [0.3, 0.4) is 0 Å². The summed E-state index contributed by atoms with van der Waals surface area (Å²) < 4.78 is 27.0. The largest absolute Gasteiger partial charge is 0.383 e. The molecule has 1 aromatic rings. The van der Waals surface area contributed by atoms with Crippen LogP contribution in [0.5, 0.6) is 5.75 Å². The molecule has 0 bridgehead atoms. The molecule has 0 aliphatic carbocycles. The molecule has 0 aromatic heterocycles. The molecule has 0 spiro atoms. The molecule has 0 fully saturated rings. The van der Waals surface area contributed by atoms with E-state index in [1.165, 1.54) is 0 Å². The fourth-order valence-corrected chi connectivity index (χ4v) is 2.36. The van der Waals surface area contributed by atoms with E-state index in [0.29, 0.717) is 6.54 Å². The molecule has 1 rings (SSSR count). The Morgan fingerprint density at radius 1 is 1.22 bits per heavy atom. The average Bonchev–Trinajstić information content (AvgIpc) is 2.33. The molecule has 0 aliphatic rings. The van der Waals surface area contributed by atoms with Crippen LogP contribution >= 0.6 is 0 Å². The number of hydrogen-bond donors (Lipinski definition) is 1. The van der Waals surface area contributed by atoms with Gasteiger partial charge in [0.15, 0.2) is 0 Å². The molecule has 130 valence electrons. The van der Waals surface area contributed by atoms with Gasteiger partial charge in [-0.05, 0) is 52.3 Å². The van der Waals surface area contributed by atoms with Crippen molar-refractivity contribution in [2.24, 2.45) is 0 Å². The van der Waals surface area contributed by atoms with Crippen LogP contribution in [-0.2, 0) is 16.7 Å². The van der Waals surface area contributed by atoms with Crippen LogP contribution in [0.15, 0.2) is 24.3 Å². The Balaban J connectivity index is 2.83. The lowest BCUT2D eigenvalue weighted by Crippen LogP contribution is -2.50. The first-order chi connectivity index (χ1) is 10.4. The van der Waals surface area contributed by atoms with Gasteiger partial charge in [0.2, 0.25) is 0 Å². The zero-order chi connectivity index (χ0) is 17.8. The summed E-state index contributed by atoms with van der Waals surface area (Å²) in [7, 11) is -3.53. The molecule has 0 unspecified atom stereocenters. The summed E-state index contributed by atoms with van der Waals surface area (Å²) in [4.78, 5) is 14.1. The third kappa shape index (κ3) is 7.36. The number of carbonyl (C=O) groups excluding carboxylic acids is 1. The molecule has 0 saturated carbocycles. The molecular weight excluding hydrogens is 316 g/mol. The summed E-state index contributed by atoms with van der Waals surface area (Å²) in [5.41, 5.74) is 0.584. The van der Waals surface area contributed by atoms with E-state index in [-0.39, 0.29) is 23.4 Å². The fourth-order valence-electron chi connectivity index (χ4n) is 1.90. The van der Waals surface area contributed by atoms with E-state index in [2.05, 4.69) is 5.32 Å². The minimum absolute atomic E-state index is 0.0318. The van der Waals surface area contributed by atoms with E-state index in [9.17, 15) is 13.2 Å². The van der Waals surface area contributed by atoms with Gasteiger partial charge in [-0.25, -0.2) is 4.79 Å². The molecular formula is C16H26N2O4S. The topological polar surface area (TPSA) is 75.7 Å². The van der Waals surface area contributed by atoms with E-state index in [1.54, 1.807) is 29.2 Å². The molecule has 6 nitrogen and oxygen atoms in total. The third-order valence-corrected chi connectivity index (χ3v) is 3.39. The van der Waals surface area contributed by atoms with E-state index in [1.807, 2.05) is 34.6 Å². The van der Waals surface area contributed by atoms with Crippen LogP contribution in [0.1, 0.15) is 40.2 Å². The van der Waals surface area contributed by atoms with Gasteiger partial charge < -0.3 is 14.4 Å². The summed E-state index contributed by atoms with van der Waals surface area (Å²) in [5.74, 6) is 0.256. The van der Waals surface area contributed by atoms with Gasteiger partial charge in [0.25, 0.3) is 0 Å². The summed E-state index contributed by atoms with van der Waals surface area (Å²) in [6.07, 6.45) is 0.998. The molecule has 0 aliphatic heterocycles. The molecule has 0 saturated heterocycles. The maximum absolute atomic E-state index is 12.4. The van der Waals surface area contributed by atoms with E-state index >= 15 is 0 Å². The SMILES string of the molecule is CC(C)N(Cc1ccc(OS(C)(=O)=O)cc1)C(=O)NC(C)(C)C. The van der Waals surface area contributed by atoms with E-state index in [4.69, 9.17) is 4.18 Å². The second-order valence-corrected chi connectivity index (χ2v) is 8.41. The molecule has 0 heterocycles. The average molecular weight is 342 g/mol. The minimum Gasteiger partial charge on any atom is -0.383 e. The minimum atomic E-state index is -3.53. The number of urea groups is 1. The Bertz CT molecular complexity index is 631. The molecule has 0 atom stereocenters. The summed E-state index contributed by atoms with van der Waals surface area (Å²) >= 11 is 0. The first-order valence-electron chi connectivity index (χ1n) is 7.44. The second-order valence-electron chi connectivity index (χ2n) is 6.83. The zero-order valence-corrected chi connectivity index (χ0v) is 15.4. The number of amides is 2. The predicted octanol–water partition coefficient (Wildman–Crippen LogP) is 2.74. The van der Waals surface area contributed by atoms with Crippen LogP contribution < -0.4 is 9.50 Å². The summed E-state index contributed by atoms with van der Waals surface area (Å²) in [5, 5.41) is 2.95. The highest BCUT2D eigenvalue weighted by molar-refractivity contribution is 7.86. The molecule has 7 heteroatoms. The third-order valence-electron chi connectivity index (χ3n) is 2.89. The monoisotopic (exact) mass is 342 g/mol. The van der Waals surface area contributed by atoms with Crippen molar-refractivity contribution in [1.82, 2.24) is 10.2 Å². The van der Waals surface area contributed by atoms with Gasteiger partial charge in [0.1, 0.15) is 5.75 Å². The molecule has 23 heavy (non-hydrogen) atoms. The van der Waals surface area contributed by atoms with Gasteiger partial charge >= 0.3 is 16.1 Å². The molecule has 0 radical (unpaired) electrons. The Kier molecular flexibility index (Phi) is 6.04. The number of hydrogen-bond acceptors (Lipinski definition) is 4. The van der Waals surface area contributed by atoms with Gasteiger partial charge in [0.05, 0.1) is 6.26 Å². The number of rotatable bonds is 5. The maximum atomic E-state index is 12.4. The highest BCUT2D eigenvalue weighted by Gasteiger charge is 2.22. The van der Waals surface area contributed by atoms with Crippen LogP contribution in [0.25, 0.3) is 0 Å². The predicted molar refractivity (Wildman–Crippen MR) is 90.9 cm³/mol. The van der Waals surface area contributed by atoms with Crippen molar-refractivity contribution in [2.45, 2.75) is 52.7 Å². The van der Waals surface area contributed by atoms with Crippen molar-refractivity contribution in [3.8, 4) is 5.75 Å². The van der Waals surface area contributed by atoms with Gasteiger partial charge in [-0.15, -0.1) is 0 Å². The number of carbonyl (C=O) groups is 1. The Hall–Kier alpha value is -1.76. The lowest BCUT2D eigenvalue weighted by atomic mass is 10.1. The van der Waals surface area contributed by atoms with Crippen molar-refractivity contribution in [1.29, 1.82) is 0 Å². The highest BCUT2D eigenvalue weighted by atomic mass is 32.2. The standard InChI is InChI=1S/C16H26N2O4S/c1-12(2)18(15(19)17-16(3,4)5)11-13-7-9-14(10-8-13)22-23(6,20)21/h7-10,12H,11H2,1-6H3,(H,17,19). The number of benzene rings is 1. The Morgan fingerprint density at radius 2 is 1.74 bits per heavy atom. The summed E-state index contributed by atoms with van der Waals surface area (Å²) in [6, 6.07) is 6.56. The van der Waals surface area contributed by atoms with Crippen LogP contribution in [0.2, 0.25) is 0 Å². The van der Waals surface area contributed by atoms with Crippen LogP contribution in [0.4, 0.5) is 4.79 Å². The number of nitrogens with zero attached hydrogens (tertiary/aromatic N) is 1.